The van der Waals surface area contributed by atoms with Gasteiger partial charge in [-0.05, 0) is 37.8 Å². The summed E-state index contributed by atoms with van der Waals surface area (Å²) in [7, 11) is 0. The van der Waals surface area contributed by atoms with Gasteiger partial charge in [0.25, 0.3) is 0 Å². The molecule has 0 spiro atoms. The summed E-state index contributed by atoms with van der Waals surface area (Å²) in [6.07, 6.45) is 3.19. The van der Waals surface area contributed by atoms with Crippen LogP contribution in [0.3, 0.4) is 0 Å². The van der Waals surface area contributed by atoms with E-state index in [0.717, 1.165) is 19.3 Å². The van der Waals surface area contributed by atoms with Crippen LogP contribution >= 0.6 is 0 Å². The molecule has 0 aliphatic carbocycles. The van der Waals surface area contributed by atoms with Crippen LogP contribution in [0.1, 0.15) is 57.7 Å². The van der Waals surface area contributed by atoms with Crippen molar-refractivity contribution in [3.8, 4) is 0 Å². The van der Waals surface area contributed by atoms with Crippen LogP contribution in [0.5, 0.6) is 0 Å². The lowest BCUT2D eigenvalue weighted by Crippen LogP contribution is -2.40. The maximum absolute atomic E-state index is 6.41. The van der Waals surface area contributed by atoms with Crippen molar-refractivity contribution >= 4 is 0 Å². The highest BCUT2D eigenvalue weighted by atomic mass is 16.5. The van der Waals surface area contributed by atoms with E-state index in [-0.39, 0.29) is 11.6 Å². The van der Waals surface area contributed by atoms with Crippen LogP contribution in [0.25, 0.3) is 0 Å². The van der Waals surface area contributed by atoms with E-state index in [1.807, 2.05) is 6.92 Å². The number of aryl methyl sites for hydroxylation is 1. The third-order valence-electron chi connectivity index (χ3n) is 3.68. The van der Waals surface area contributed by atoms with Crippen LogP contribution in [0, 0.1) is 0 Å². The Hall–Kier alpha value is -0.860. The van der Waals surface area contributed by atoms with Crippen molar-refractivity contribution in [2.24, 2.45) is 5.73 Å². The quantitative estimate of drug-likeness (QED) is 0.796. The third kappa shape index (κ3) is 3.56. The number of rotatable bonds is 7. The molecule has 0 aromatic heterocycles. The maximum atomic E-state index is 6.41. The van der Waals surface area contributed by atoms with Gasteiger partial charge < -0.3 is 10.5 Å². The van der Waals surface area contributed by atoms with E-state index >= 15 is 0 Å². The Balaban J connectivity index is 2.94. The molecule has 0 bridgehead atoms. The molecule has 2 nitrogen and oxygen atoms in total. The average Bonchev–Trinajstić information content (AvgIpc) is 2.39. The summed E-state index contributed by atoms with van der Waals surface area (Å²) >= 11 is 0. The Morgan fingerprint density at radius 1 is 1.28 bits per heavy atom. The Bertz CT molecular complexity index is 364. The first-order valence-corrected chi connectivity index (χ1v) is 7.05. The standard InChI is InChI=1S/C16H27NO/c1-5-9-13-10-8-11-14(12-13)15(17)16(4,6-2)18-7-3/h8,10-12,15H,5-7,9,17H2,1-4H3. The van der Waals surface area contributed by atoms with Gasteiger partial charge in [0.15, 0.2) is 0 Å². The molecule has 0 heterocycles. The second-order valence-corrected chi connectivity index (χ2v) is 5.07. The van der Waals surface area contributed by atoms with Crippen molar-refractivity contribution in [3.63, 3.8) is 0 Å². The van der Waals surface area contributed by atoms with Gasteiger partial charge in [0, 0.05) is 6.61 Å². The predicted molar refractivity (Wildman–Crippen MR) is 77.7 cm³/mol. The van der Waals surface area contributed by atoms with Crippen LogP contribution in [-0.4, -0.2) is 12.2 Å². The number of ether oxygens (including phenoxy) is 1. The van der Waals surface area contributed by atoms with E-state index in [0.29, 0.717) is 6.61 Å². The smallest absolute Gasteiger partial charge is 0.0843 e. The first kappa shape index (κ1) is 15.2. The fourth-order valence-corrected chi connectivity index (χ4v) is 2.32. The minimum absolute atomic E-state index is 0.0701. The van der Waals surface area contributed by atoms with Crippen molar-refractivity contribution in [1.82, 2.24) is 0 Å². The first-order chi connectivity index (χ1) is 8.57. The van der Waals surface area contributed by atoms with Gasteiger partial charge in [-0.25, -0.2) is 0 Å². The van der Waals surface area contributed by atoms with Gasteiger partial charge in [0.2, 0.25) is 0 Å². The second kappa shape index (κ2) is 6.91. The van der Waals surface area contributed by atoms with E-state index in [4.69, 9.17) is 10.5 Å². The molecular weight excluding hydrogens is 222 g/mol. The van der Waals surface area contributed by atoms with Crippen LogP contribution in [0.4, 0.5) is 0 Å². The van der Waals surface area contributed by atoms with Crippen LogP contribution in [0.15, 0.2) is 24.3 Å². The molecule has 1 aromatic rings. The SMILES string of the molecule is CCCc1cccc(C(N)C(C)(CC)OCC)c1. The largest absolute Gasteiger partial charge is 0.374 e. The fourth-order valence-electron chi connectivity index (χ4n) is 2.32. The molecule has 0 saturated heterocycles. The van der Waals surface area contributed by atoms with Gasteiger partial charge in [-0.3, -0.25) is 0 Å². The van der Waals surface area contributed by atoms with Crippen LogP contribution < -0.4 is 5.73 Å². The zero-order valence-corrected chi connectivity index (χ0v) is 12.2. The van der Waals surface area contributed by atoms with E-state index in [2.05, 4.69) is 45.0 Å². The average molecular weight is 249 g/mol. The Kier molecular flexibility index (Phi) is 5.83. The highest BCUT2D eigenvalue weighted by Gasteiger charge is 2.31. The zero-order valence-electron chi connectivity index (χ0n) is 12.2. The van der Waals surface area contributed by atoms with Gasteiger partial charge in [0.1, 0.15) is 0 Å². The molecule has 2 N–H and O–H groups in total. The van der Waals surface area contributed by atoms with Gasteiger partial charge >= 0.3 is 0 Å². The summed E-state index contributed by atoms with van der Waals surface area (Å²) in [5, 5.41) is 0. The van der Waals surface area contributed by atoms with Crippen molar-refractivity contribution in [2.75, 3.05) is 6.61 Å². The molecule has 102 valence electrons. The molecule has 2 unspecified atom stereocenters. The molecule has 2 atom stereocenters. The summed E-state index contributed by atoms with van der Waals surface area (Å²) in [5.41, 5.74) is 8.67. The molecule has 2 heteroatoms. The normalized spacial score (nSPS) is 16.3. The number of benzene rings is 1. The lowest BCUT2D eigenvalue weighted by Gasteiger charge is -2.34. The van der Waals surface area contributed by atoms with E-state index in [9.17, 15) is 0 Å². The van der Waals surface area contributed by atoms with Gasteiger partial charge in [-0.15, -0.1) is 0 Å². The summed E-state index contributed by atoms with van der Waals surface area (Å²) in [4.78, 5) is 0. The van der Waals surface area contributed by atoms with E-state index < -0.39 is 0 Å². The Morgan fingerprint density at radius 2 is 2.00 bits per heavy atom. The number of nitrogens with two attached hydrogens (primary N) is 1. The summed E-state index contributed by atoms with van der Waals surface area (Å²) in [6, 6.07) is 8.53. The number of hydrogen-bond donors (Lipinski definition) is 1. The lowest BCUT2D eigenvalue weighted by atomic mass is 9.87. The van der Waals surface area contributed by atoms with Crippen molar-refractivity contribution < 1.29 is 4.74 Å². The second-order valence-electron chi connectivity index (χ2n) is 5.07. The minimum Gasteiger partial charge on any atom is -0.374 e. The first-order valence-electron chi connectivity index (χ1n) is 7.05. The van der Waals surface area contributed by atoms with Crippen molar-refractivity contribution in [1.29, 1.82) is 0 Å². The van der Waals surface area contributed by atoms with Crippen molar-refractivity contribution in [3.05, 3.63) is 35.4 Å². The Morgan fingerprint density at radius 3 is 2.56 bits per heavy atom. The maximum Gasteiger partial charge on any atom is 0.0843 e. The molecular formula is C16H27NO. The monoisotopic (exact) mass is 249 g/mol. The molecule has 0 amide bonds. The number of hydrogen-bond acceptors (Lipinski definition) is 2. The summed E-state index contributed by atoms with van der Waals surface area (Å²) < 4.78 is 5.87. The molecule has 0 fully saturated rings. The summed E-state index contributed by atoms with van der Waals surface area (Å²) in [6.45, 7) is 9.16. The van der Waals surface area contributed by atoms with Gasteiger partial charge in [-0.2, -0.15) is 0 Å². The topological polar surface area (TPSA) is 35.2 Å². The van der Waals surface area contributed by atoms with E-state index in [1.54, 1.807) is 0 Å². The lowest BCUT2D eigenvalue weighted by molar-refractivity contribution is -0.0472. The van der Waals surface area contributed by atoms with Crippen LogP contribution in [-0.2, 0) is 11.2 Å². The van der Waals surface area contributed by atoms with Crippen LogP contribution in [0.2, 0.25) is 0 Å². The molecule has 18 heavy (non-hydrogen) atoms. The highest BCUT2D eigenvalue weighted by molar-refractivity contribution is 5.27. The molecule has 0 aliphatic rings. The van der Waals surface area contributed by atoms with Gasteiger partial charge in [-0.1, -0.05) is 44.5 Å². The highest BCUT2D eigenvalue weighted by Crippen LogP contribution is 2.30. The third-order valence-corrected chi connectivity index (χ3v) is 3.68. The van der Waals surface area contributed by atoms with Crippen molar-refractivity contribution in [2.45, 2.75) is 58.6 Å². The molecule has 0 saturated carbocycles. The minimum atomic E-state index is -0.278. The molecule has 1 aromatic carbocycles. The predicted octanol–water partition coefficient (Wildman–Crippen LogP) is 3.84. The fraction of sp³-hybridized carbons (Fsp3) is 0.625. The molecule has 1 rings (SSSR count). The van der Waals surface area contributed by atoms with Gasteiger partial charge in [0.05, 0.1) is 11.6 Å². The zero-order chi connectivity index (χ0) is 13.6. The Labute approximate surface area is 112 Å². The van der Waals surface area contributed by atoms with E-state index in [1.165, 1.54) is 11.1 Å². The molecule has 0 radical (unpaired) electrons. The summed E-state index contributed by atoms with van der Waals surface area (Å²) in [5.74, 6) is 0. The molecule has 0 aliphatic heterocycles.